The summed E-state index contributed by atoms with van der Waals surface area (Å²) in [6, 6.07) is 10.8. The van der Waals surface area contributed by atoms with Gasteiger partial charge in [-0.25, -0.2) is 4.79 Å². The smallest absolute Gasteiger partial charge is 0.408 e. The highest BCUT2D eigenvalue weighted by Gasteiger charge is 2.36. The van der Waals surface area contributed by atoms with E-state index in [1.54, 1.807) is 57.2 Å². The monoisotopic (exact) mass is 511 g/mol. The van der Waals surface area contributed by atoms with Gasteiger partial charge >= 0.3 is 6.09 Å². The Hall–Kier alpha value is -3.50. The first-order chi connectivity index (χ1) is 16.9. The molecule has 2 aromatic rings. The summed E-state index contributed by atoms with van der Waals surface area (Å²) in [6.07, 6.45) is 5.59. The van der Waals surface area contributed by atoms with Crippen LogP contribution in [0.4, 0.5) is 10.5 Å². The van der Waals surface area contributed by atoms with Gasteiger partial charge in [-0.2, -0.15) is 0 Å². The zero-order valence-corrected chi connectivity index (χ0v) is 22.4. The van der Waals surface area contributed by atoms with E-state index in [1.165, 1.54) is 4.90 Å². The van der Waals surface area contributed by atoms with Crippen LogP contribution in [0.5, 0.6) is 0 Å². The highest BCUT2D eigenvalue weighted by atomic mass is 35.5. The minimum atomic E-state index is -1.07. The van der Waals surface area contributed by atoms with Gasteiger partial charge < -0.3 is 20.3 Å². The second kappa shape index (κ2) is 12.5. The summed E-state index contributed by atoms with van der Waals surface area (Å²) in [4.78, 5) is 41.0. The molecule has 2 N–H and O–H groups in total. The Morgan fingerprint density at radius 1 is 1.14 bits per heavy atom. The Labute approximate surface area is 218 Å². The van der Waals surface area contributed by atoms with Gasteiger partial charge in [-0.15, -0.1) is 6.42 Å². The summed E-state index contributed by atoms with van der Waals surface area (Å²) in [5.41, 5.74) is 1.48. The van der Waals surface area contributed by atoms with Crippen LogP contribution < -0.4 is 10.6 Å². The van der Waals surface area contributed by atoms with Crippen LogP contribution in [-0.4, -0.2) is 41.0 Å². The van der Waals surface area contributed by atoms with Gasteiger partial charge in [0.2, 0.25) is 5.91 Å². The summed E-state index contributed by atoms with van der Waals surface area (Å²) in [7, 11) is 0. The number of anilines is 1. The molecular weight excluding hydrogens is 478 g/mol. The first kappa shape index (κ1) is 28.7. The molecule has 0 heterocycles. The van der Waals surface area contributed by atoms with Gasteiger partial charge in [0.1, 0.15) is 18.2 Å². The number of ether oxygens (including phenoxy) is 1. The molecule has 0 radical (unpaired) electrons. The molecule has 0 saturated heterocycles. The minimum Gasteiger partial charge on any atom is -0.444 e. The highest BCUT2D eigenvalue weighted by molar-refractivity contribution is 6.34. The molecule has 3 amide bonds. The quantitative estimate of drug-likeness (QED) is 0.460. The second-order valence-corrected chi connectivity index (χ2v) is 9.88. The number of amides is 3. The maximum absolute atomic E-state index is 13.8. The van der Waals surface area contributed by atoms with Crippen LogP contribution in [0.25, 0.3) is 0 Å². The van der Waals surface area contributed by atoms with Crippen LogP contribution in [0.15, 0.2) is 42.5 Å². The van der Waals surface area contributed by atoms with E-state index in [9.17, 15) is 14.4 Å². The Morgan fingerprint density at radius 2 is 1.81 bits per heavy atom. The Kier molecular flexibility index (Phi) is 9.94. The summed E-state index contributed by atoms with van der Waals surface area (Å²) in [5, 5.41) is 5.76. The van der Waals surface area contributed by atoms with Gasteiger partial charge in [0.25, 0.3) is 5.91 Å². The fraction of sp³-hybridized carbons (Fsp3) is 0.393. The standard InChI is InChI=1S/C28H34ClN3O4/c1-8-19(4)32(23(33)17-30-27(35)36-28(5,6)7)25(21-15-11-10-14-20(21)9-2)26(34)31-24-18(3)13-12-16-22(24)29/h2,10-16,19,25H,8,17H2,1,3-7H3,(H,30,35)(H,31,34). The largest absolute Gasteiger partial charge is 0.444 e. The number of para-hydroxylation sites is 1. The van der Waals surface area contributed by atoms with Crippen LogP contribution >= 0.6 is 11.6 Å². The van der Waals surface area contributed by atoms with Gasteiger partial charge in [0.05, 0.1) is 10.7 Å². The van der Waals surface area contributed by atoms with Crippen molar-refractivity contribution >= 4 is 35.2 Å². The molecular formula is C28H34ClN3O4. The number of aryl methyl sites for hydroxylation is 1. The Morgan fingerprint density at radius 3 is 2.39 bits per heavy atom. The highest BCUT2D eigenvalue weighted by Crippen LogP contribution is 2.31. The molecule has 0 fully saturated rings. The number of carbonyl (C=O) groups excluding carboxylic acids is 3. The van der Waals surface area contributed by atoms with Crippen molar-refractivity contribution in [2.75, 3.05) is 11.9 Å². The normalized spacial score (nSPS) is 12.6. The number of halogens is 1. The van der Waals surface area contributed by atoms with Crippen molar-refractivity contribution < 1.29 is 19.1 Å². The number of hydrogen-bond donors (Lipinski definition) is 2. The third-order valence-corrected chi connectivity index (χ3v) is 5.86. The Bertz CT molecular complexity index is 1130. The summed E-state index contributed by atoms with van der Waals surface area (Å²) in [5.74, 6) is 1.68. The third-order valence-electron chi connectivity index (χ3n) is 5.54. The number of nitrogens with zero attached hydrogens (tertiary/aromatic N) is 1. The molecule has 0 aliphatic carbocycles. The number of benzene rings is 2. The molecule has 36 heavy (non-hydrogen) atoms. The average molecular weight is 512 g/mol. The van der Waals surface area contributed by atoms with Crippen molar-refractivity contribution in [3.8, 4) is 12.3 Å². The molecule has 0 spiro atoms. The van der Waals surface area contributed by atoms with Crippen LogP contribution in [0.2, 0.25) is 5.02 Å². The number of nitrogens with one attached hydrogen (secondary N) is 2. The van der Waals surface area contributed by atoms with E-state index in [4.69, 9.17) is 22.8 Å². The summed E-state index contributed by atoms with van der Waals surface area (Å²) in [6.45, 7) is 10.4. The number of rotatable bonds is 8. The zero-order valence-electron chi connectivity index (χ0n) is 21.6. The molecule has 2 aromatic carbocycles. The Balaban J connectivity index is 2.51. The van der Waals surface area contributed by atoms with Crippen molar-refractivity contribution in [3.63, 3.8) is 0 Å². The van der Waals surface area contributed by atoms with Crippen molar-refractivity contribution in [1.29, 1.82) is 0 Å². The van der Waals surface area contributed by atoms with Crippen molar-refractivity contribution in [2.45, 2.75) is 65.6 Å². The maximum atomic E-state index is 13.8. The van der Waals surface area contributed by atoms with Gasteiger partial charge in [-0.05, 0) is 64.3 Å². The van der Waals surface area contributed by atoms with E-state index >= 15 is 0 Å². The topological polar surface area (TPSA) is 87.7 Å². The first-order valence-electron chi connectivity index (χ1n) is 11.8. The number of terminal acetylenes is 1. The van der Waals surface area contributed by atoms with E-state index in [0.717, 1.165) is 5.56 Å². The van der Waals surface area contributed by atoms with Crippen LogP contribution in [-0.2, 0) is 14.3 Å². The molecule has 0 aromatic heterocycles. The van der Waals surface area contributed by atoms with Crippen LogP contribution in [0, 0.1) is 19.3 Å². The molecule has 0 bridgehead atoms. The van der Waals surface area contributed by atoms with Crippen molar-refractivity contribution in [1.82, 2.24) is 10.2 Å². The molecule has 7 nitrogen and oxygen atoms in total. The van der Waals surface area contributed by atoms with Gasteiger partial charge in [0.15, 0.2) is 0 Å². The second-order valence-electron chi connectivity index (χ2n) is 9.47. The number of alkyl carbamates (subject to hydrolysis) is 1. The molecule has 2 rings (SSSR count). The van der Waals surface area contributed by atoms with Crippen LogP contribution in [0.1, 0.15) is 63.8 Å². The fourth-order valence-electron chi connectivity index (χ4n) is 3.66. The SMILES string of the molecule is C#Cc1ccccc1C(C(=O)Nc1c(C)cccc1Cl)N(C(=O)CNC(=O)OC(C)(C)C)C(C)CC. The molecule has 0 aliphatic rings. The predicted molar refractivity (Wildman–Crippen MR) is 143 cm³/mol. The maximum Gasteiger partial charge on any atom is 0.408 e. The van der Waals surface area contributed by atoms with Crippen LogP contribution in [0.3, 0.4) is 0 Å². The van der Waals surface area contributed by atoms with E-state index < -0.39 is 29.6 Å². The lowest BCUT2D eigenvalue weighted by Crippen LogP contribution is -2.50. The molecule has 2 unspecified atom stereocenters. The van der Waals surface area contributed by atoms with Gasteiger partial charge in [-0.3, -0.25) is 9.59 Å². The molecule has 0 aliphatic heterocycles. The lowest BCUT2D eigenvalue weighted by atomic mass is 9.96. The van der Waals surface area contributed by atoms with E-state index in [1.807, 2.05) is 26.8 Å². The zero-order chi connectivity index (χ0) is 27.0. The summed E-state index contributed by atoms with van der Waals surface area (Å²) >= 11 is 6.36. The van der Waals surface area contributed by atoms with E-state index in [0.29, 0.717) is 28.3 Å². The molecule has 2 atom stereocenters. The molecule has 192 valence electrons. The fourth-order valence-corrected chi connectivity index (χ4v) is 3.93. The lowest BCUT2D eigenvalue weighted by molar-refractivity contribution is -0.140. The van der Waals surface area contributed by atoms with E-state index in [2.05, 4.69) is 16.6 Å². The summed E-state index contributed by atoms with van der Waals surface area (Å²) < 4.78 is 5.25. The third kappa shape index (κ3) is 7.50. The number of carbonyl (C=O) groups is 3. The first-order valence-corrected chi connectivity index (χ1v) is 12.2. The van der Waals surface area contributed by atoms with Crippen molar-refractivity contribution in [3.05, 3.63) is 64.2 Å². The number of hydrogen-bond acceptors (Lipinski definition) is 4. The van der Waals surface area contributed by atoms with Gasteiger partial charge in [-0.1, -0.05) is 54.8 Å². The lowest BCUT2D eigenvalue weighted by Gasteiger charge is -2.36. The molecule has 0 saturated carbocycles. The predicted octanol–water partition coefficient (Wildman–Crippen LogP) is 5.46. The van der Waals surface area contributed by atoms with Gasteiger partial charge in [0, 0.05) is 11.6 Å². The molecule has 8 heteroatoms. The average Bonchev–Trinajstić information content (AvgIpc) is 2.81. The minimum absolute atomic E-state index is 0.355. The van der Waals surface area contributed by atoms with E-state index in [-0.39, 0.29) is 12.6 Å². The van der Waals surface area contributed by atoms with Crippen molar-refractivity contribution in [2.24, 2.45) is 0 Å².